The standard InChI is InChI=1S/C19H35N/c1-3-7-11-16-15-17(12-8-4-1)20-19-14-10-6-2-5-9-13-18(16)19/h16-20H,1-15H2. The Morgan fingerprint density at radius 1 is 0.550 bits per heavy atom. The maximum absolute atomic E-state index is 4.10. The van der Waals surface area contributed by atoms with Crippen molar-refractivity contribution in [2.45, 2.75) is 108 Å². The third kappa shape index (κ3) is 4.00. The summed E-state index contributed by atoms with van der Waals surface area (Å²) >= 11 is 0. The SMILES string of the molecule is C1CCCC2CC(CCC1)C1CCCCCCCC1N2. The highest BCUT2D eigenvalue weighted by atomic mass is 15.0. The molecule has 2 saturated carbocycles. The van der Waals surface area contributed by atoms with Gasteiger partial charge in [0.25, 0.3) is 0 Å². The summed E-state index contributed by atoms with van der Waals surface area (Å²) in [6.07, 6.45) is 22.4. The predicted octanol–water partition coefficient (Wildman–Crippen LogP) is 5.44. The summed E-state index contributed by atoms with van der Waals surface area (Å²) in [4.78, 5) is 0. The van der Waals surface area contributed by atoms with Crippen LogP contribution in [0.1, 0.15) is 96.3 Å². The highest BCUT2D eigenvalue weighted by Gasteiger charge is 2.36. The highest BCUT2D eigenvalue weighted by molar-refractivity contribution is 4.92. The van der Waals surface area contributed by atoms with E-state index in [4.69, 9.17) is 0 Å². The number of rotatable bonds is 0. The Morgan fingerprint density at radius 3 is 1.95 bits per heavy atom. The Labute approximate surface area is 126 Å². The largest absolute Gasteiger partial charge is 0.311 e. The maximum atomic E-state index is 4.10. The van der Waals surface area contributed by atoms with Crippen molar-refractivity contribution in [3.63, 3.8) is 0 Å². The van der Waals surface area contributed by atoms with Crippen LogP contribution in [0.3, 0.4) is 0 Å². The predicted molar refractivity (Wildman–Crippen MR) is 86.9 cm³/mol. The van der Waals surface area contributed by atoms with Crippen molar-refractivity contribution in [2.24, 2.45) is 11.8 Å². The molecule has 1 aliphatic heterocycles. The Balaban J connectivity index is 1.68. The first kappa shape index (κ1) is 14.9. The van der Waals surface area contributed by atoms with Crippen molar-refractivity contribution in [3.05, 3.63) is 0 Å². The lowest BCUT2D eigenvalue weighted by Gasteiger charge is -2.44. The van der Waals surface area contributed by atoms with Crippen molar-refractivity contribution in [3.8, 4) is 0 Å². The second kappa shape index (κ2) is 7.82. The van der Waals surface area contributed by atoms with Gasteiger partial charge in [-0.25, -0.2) is 0 Å². The zero-order valence-electron chi connectivity index (χ0n) is 13.4. The molecule has 0 spiro atoms. The van der Waals surface area contributed by atoms with Gasteiger partial charge in [0, 0.05) is 12.1 Å². The molecule has 3 rings (SSSR count). The van der Waals surface area contributed by atoms with Gasteiger partial charge in [-0.15, -0.1) is 0 Å². The van der Waals surface area contributed by atoms with Crippen LogP contribution in [0.4, 0.5) is 0 Å². The van der Waals surface area contributed by atoms with E-state index in [0.29, 0.717) is 0 Å². The second-order valence-corrected chi connectivity index (χ2v) is 7.82. The molecule has 0 radical (unpaired) electrons. The molecule has 3 aliphatic rings. The van der Waals surface area contributed by atoms with Gasteiger partial charge in [-0.05, 0) is 37.5 Å². The summed E-state index contributed by atoms with van der Waals surface area (Å²) < 4.78 is 0. The molecule has 20 heavy (non-hydrogen) atoms. The summed E-state index contributed by atoms with van der Waals surface area (Å²) in [5.74, 6) is 2.08. The summed E-state index contributed by atoms with van der Waals surface area (Å²) in [7, 11) is 0. The molecular weight excluding hydrogens is 242 g/mol. The van der Waals surface area contributed by atoms with E-state index in [2.05, 4.69) is 5.32 Å². The fourth-order valence-corrected chi connectivity index (χ4v) is 5.23. The lowest BCUT2D eigenvalue weighted by molar-refractivity contribution is 0.115. The summed E-state index contributed by atoms with van der Waals surface area (Å²) in [6, 6.07) is 1.73. The first-order valence-electron chi connectivity index (χ1n) is 9.69. The number of piperidine rings is 1. The lowest BCUT2D eigenvalue weighted by atomic mass is 9.71. The third-order valence-electron chi connectivity index (χ3n) is 6.34. The van der Waals surface area contributed by atoms with Crippen molar-refractivity contribution in [1.29, 1.82) is 0 Å². The van der Waals surface area contributed by atoms with E-state index in [9.17, 15) is 0 Å². The molecule has 0 amide bonds. The number of fused-ring (bicyclic) bond motifs is 4. The molecule has 4 unspecified atom stereocenters. The maximum Gasteiger partial charge on any atom is 0.0101 e. The second-order valence-electron chi connectivity index (χ2n) is 7.82. The number of hydrogen-bond donors (Lipinski definition) is 1. The van der Waals surface area contributed by atoms with Crippen LogP contribution in [-0.2, 0) is 0 Å². The average Bonchev–Trinajstić information content (AvgIpc) is 2.58. The molecule has 3 fully saturated rings. The van der Waals surface area contributed by atoms with Crippen LogP contribution in [0.25, 0.3) is 0 Å². The summed E-state index contributed by atoms with van der Waals surface area (Å²) in [6.45, 7) is 0. The highest BCUT2D eigenvalue weighted by Crippen LogP contribution is 2.38. The van der Waals surface area contributed by atoms with Crippen molar-refractivity contribution >= 4 is 0 Å². The van der Waals surface area contributed by atoms with E-state index in [1.165, 1.54) is 89.9 Å². The molecule has 1 heteroatoms. The van der Waals surface area contributed by atoms with Crippen LogP contribution in [0.15, 0.2) is 0 Å². The quantitative estimate of drug-likeness (QED) is 0.622. The topological polar surface area (TPSA) is 12.0 Å². The van der Waals surface area contributed by atoms with E-state index in [-0.39, 0.29) is 0 Å². The zero-order valence-corrected chi connectivity index (χ0v) is 13.4. The van der Waals surface area contributed by atoms with E-state index < -0.39 is 0 Å². The molecule has 4 atom stereocenters. The van der Waals surface area contributed by atoms with E-state index >= 15 is 0 Å². The Bertz CT molecular complexity index is 275. The minimum absolute atomic E-state index is 0.861. The van der Waals surface area contributed by atoms with Gasteiger partial charge in [0.05, 0.1) is 0 Å². The Hall–Kier alpha value is -0.0400. The van der Waals surface area contributed by atoms with E-state index in [1.807, 2.05) is 0 Å². The first-order chi connectivity index (χ1) is 9.93. The normalized spacial score (nSPS) is 40.8. The van der Waals surface area contributed by atoms with E-state index in [0.717, 1.165) is 23.9 Å². The minimum atomic E-state index is 0.861. The van der Waals surface area contributed by atoms with Gasteiger partial charge in [0.15, 0.2) is 0 Å². The van der Waals surface area contributed by atoms with Gasteiger partial charge in [0.1, 0.15) is 0 Å². The van der Waals surface area contributed by atoms with Crippen molar-refractivity contribution in [2.75, 3.05) is 0 Å². The van der Waals surface area contributed by atoms with Crippen LogP contribution in [-0.4, -0.2) is 12.1 Å². The molecule has 1 N–H and O–H groups in total. The molecule has 0 aromatic rings. The lowest BCUT2D eigenvalue weighted by Crippen LogP contribution is -2.51. The number of hydrogen-bond acceptors (Lipinski definition) is 1. The van der Waals surface area contributed by atoms with Gasteiger partial charge in [-0.1, -0.05) is 70.6 Å². The Morgan fingerprint density at radius 2 is 1.15 bits per heavy atom. The smallest absolute Gasteiger partial charge is 0.0101 e. The first-order valence-corrected chi connectivity index (χ1v) is 9.69. The van der Waals surface area contributed by atoms with Crippen molar-refractivity contribution < 1.29 is 0 Å². The van der Waals surface area contributed by atoms with Crippen molar-refractivity contribution in [1.82, 2.24) is 5.32 Å². The van der Waals surface area contributed by atoms with Crippen LogP contribution in [0.2, 0.25) is 0 Å². The third-order valence-corrected chi connectivity index (χ3v) is 6.34. The zero-order chi connectivity index (χ0) is 13.6. The van der Waals surface area contributed by atoms with Gasteiger partial charge >= 0.3 is 0 Å². The number of nitrogens with one attached hydrogen (secondary N) is 1. The molecule has 2 aliphatic carbocycles. The molecular formula is C19H35N. The van der Waals surface area contributed by atoms with Crippen LogP contribution < -0.4 is 5.32 Å². The molecule has 0 aromatic carbocycles. The van der Waals surface area contributed by atoms with E-state index in [1.54, 1.807) is 6.42 Å². The fourth-order valence-electron chi connectivity index (χ4n) is 5.23. The molecule has 2 bridgehead atoms. The molecule has 1 saturated heterocycles. The van der Waals surface area contributed by atoms with Crippen LogP contribution in [0, 0.1) is 11.8 Å². The monoisotopic (exact) mass is 277 g/mol. The molecule has 0 aromatic heterocycles. The van der Waals surface area contributed by atoms with Gasteiger partial charge < -0.3 is 5.32 Å². The Kier molecular flexibility index (Phi) is 5.82. The van der Waals surface area contributed by atoms with Gasteiger partial charge in [0.2, 0.25) is 0 Å². The van der Waals surface area contributed by atoms with Gasteiger partial charge in [-0.2, -0.15) is 0 Å². The van der Waals surface area contributed by atoms with Crippen LogP contribution >= 0.6 is 0 Å². The average molecular weight is 277 g/mol. The molecule has 1 nitrogen and oxygen atoms in total. The molecule has 116 valence electrons. The molecule has 1 heterocycles. The van der Waals surface area contributed by atoms with Gasteiger partial charge in [-0.3, -0.25) is 0 Å². The summed E-state index contributed by atoms with van der Waals surface area (Å²) in [5.41, 5.74) is 0. The fraction of sp³-hybridized carbons (Fsp3) is 1.00. The van der Waals surface area contributed by atoms with Crippen LogP contribution in [0.5, 0.6) is 0 Å². The minimum Gasteiger partial charge on any atom is -0.311 e. The summed E-state index contributed by atoms with van der Waals surface area (Å²) in [5, 5.41) is 4.10.